The maximum Gasteiger partial charge on any atom is 0.327 e. The summed E-state index contributed by atoms with van der Waals surface area (Å²) in [4.78, 5) is 19.9. The van der Waals surface area contributed by atoms with Crippen LogP contribution < -0.4 is 10.1 Å². The van der Waals surface area contributed by atoms with Crippen molar-refractivity contribution < 1.29 is 14.3 Å². The van der Waals surface area contributed by atoms with E-state index in [9.17, 15) is 4.79 Å². The molecule has 164 valence electrons. The summed E-state index contributed by atoms with van der Waals surface area (Å²) in [5.74, 6) is 1.17. The van der Waals surface area contributed by atoms with Crippen molar-refractivity contribution in [2.75, 3.05) is 19.0 Å². The summed E-state index contributed by atoms with van der Waals surface area (Å²) in [6.07, 6.45) is 7.08. The lowest BCUT2D eigenvalue weighted by Gasteiger charge is -2.13. The number of nitrogens with one attached hydrogen (secondary N) is 1. The number of hydrogen-bond acceptors (Lipinski definition) is 9. The van der Waals surface area contributed by atoms with E-state index in [2.05, 4.69) is 30.3 Å². The van der Waals surface area contributed by atoms with Crippen molar-refractivity contribution in [3.63, 3.8) is 0 Å². The standard InChI is InChI=1S/C22H23N7O3/c1-15-11-17(5-4-8-23)12-16(2)21(15)32-19-7-10-25-22(26-19)24-9-6-18-13-29(28-27-18)14-20(30)31-3/h4-5,7,10-13H,6,9,14H2,1-3H3,(H,24,25,26)/b5-4+. The molecule has 0 unspecified atom stereocenters. The lowest BCUT2D eigenvalue weighted by Crippen LogP contribution is -2.12. The number of esters is 1. The molecule has 10 nitrogen and oxygen atoms in total. The quantitative estimate of drug-likeness (QED) is 0.400. The molecular weight excluding hydrogens is 410 g/mol. The zero-order valence-electron chi connectivity index (χ0n) is 18.1. The average molecular weight is 433 g/mol. The van der Waals surface area contributed by atoms with Crippen molar-refractivity contribution >= 4 is 18.0 Å². The number of carbonyl (C=O) groups excluding carboxylic acids is 1. The van der Waals surface area contributed by atoms with Gasteiger partial charge >= 0.3 is 5.97 Å². The van der Waals surface area contributed by atoms with Gasteiger partial charge in [0.05, 0.1) is 18.9 Å². The largest absolute Gasteiger partial charge is 0.468 e. The number of allylic oxidation sites excluding steroid dienone is 1. The third-order valence-corrected chi connectivity index (χ3v) is 4.44. The highest BCUT2D eigenvalue weighted by molar-refractivity contribution is 5.68. The van der Waals surface area contributed by atoms with Crippen LogP contribution in [-0.4, -0.2) is 44.6 Å². The Labute approximate surface area is 185 Å². The molecule has 3 rings (SSSR count). The molecule has 2 heterocycles. The first-order chi connectivity index (χ1) is 15.5. The monoisotopic (exact) mass is 433 g/mol. The number of aryl methyl sites for hydroxylation is 2. The highest BCUT2D eigenvalue weighted by Gasteiger charge is 2.10. The van der Waals surface area contributed by atoms with Crippen LogP contribution in [0.25, 0.3) is 6.08 Å². The van der Waals surface area contributed by atoms with Gasteiger partial charge in [0.2, 0.25) is 11.8 Å². The van der Waals surface area contributed by atoms with Crippen LogP contribution in [0.3, 0.4) is 0 Å². The van der Waals surface area contributed by atoms with E-state index >= 15 is 0 Å². The molecule has 0 fully saturated rings. The minimum Gasteiger partial charge on any atom is -0.468 e. The van der Waals surface area contributed by atoms with E-state index in [-0.39, 0.29) is 12.5 Å². The van der Waals surface area contributed by atoms with Crippen LogP contribution in [0.4, 0.5) is 5.95 Å². The second kappa shape index (κ2) is 10.7. The number of nitriles is 1. The molecule has 1 aromatic carbocycles. The van der Waals surface area contributed by atoms with Crippen molar-refractivity contribution in [3.05, 3.63) is 59.1 Å². The van der Waals surface area contributed by atoms with Crippen molar-refractivity contribution in [3.8, 4) is 17.7 Å². The molecule has 0 radical (unpaired) electrons. The number of carbonyl (C=O) groups is 1. The number of ether oxygens (including phenoxy) is 2. The normalized spacial score (nSPS) is 10.7. The third-order valence-electron chi connectivity index (χ3n) is 4.44. The molecule has 1 N–H and O–H groups in total. The summed E-state index contributed by atoms with van der Waals surface area (Å²) >= 11 is 0. The molecule has 0 saturated heterocycles. The lowest BCUT2D eigenvalue weighted by atomic mass is 10.1. The van der Waals surface area contributed by atoms with Gasteiger partial charge in [0, 0.05) is 37.5 Å². The number of rotatable bonds is 9. The van der Waals surface area contributed by atoms with Gasteiger partial charge in [0.15, 0.2) is 0 Å². The topological polar surface area (TPSA) is 128 Å². The van der Waals surface area contributed by atoms with Crippen LogP contribution in [-0.2, 0) is 22.5 Å². The fourth-order valence-electron chi connectivity index (χ4n) is 2.99. The molecular formula is C22H23N7O3. The summed E-state index contributed by atoms with van der Waals surface area (Å²) in [5.41, 5.74) is 3.53. The summed E-state index contributed by atoms with van der Waals surface area (Å²) in [7, 11) is 1.33. The molecule has 2 aromatic heterocycles. The van der Waals surface area contributed by atoms with Gasteiger partial charge in [-0.15, -0.1) is 5.10 Å². The first kappa shape index (κ1) is 22.4. The van der Waals surface area contributed by atoms with Gasteiger partial charge in [-0.1, -0.05) is 5.21 Å². The number of methoxy groups -OCH3 is 1. The first-order valence-corrected chi connectivity index (χ1v) is 9.86. The van der Waals surface area contributed by atoms with Gasteiger partial charge < -0.3 is 14.8 Å². The molecule has 32 heavy (non-hydrogen) atoms. The average Bonchev–Trinajstić information content (AvgIpc) is 3.22. The molecule has 0 amide bonds. The van der Waals surface area contributed by atoms with Crippen molar-refractivity contribution in [2.45, 2.75) is 26.8 Å². The second-order valence-electron chi connectivity index (χ2n) is 6.93. The first-order valence-electron chi connectivity index (χ1n) is 9.86. The van der Waals surface area contributed by atoms with Gasteiger partial charge in [0.1, 0.15) is 12.3 Å². The maximum absolute atomic E-state index is 11.3. The maximum atomic E-state index is 11.3. The molecule has 0 aliphatic rings. The highest BCUT2D eigenvalue weighted by Crippen LogP contribution is 2.29. The summed E-state index contributed by atoms with van der Waals surface area (Å²) < 4.78 is 12.0. The van der Waals surface area contributed by atoms with Crippen molar-refractivity contribution in [2.24, 2.45) is 0 Å². The molecule has 0 spiro atoms. The Morgan fingerprint density at radius 2 is 2.09 bits per heavy atom. The number of aromatic nitrogens is 5. The number of hydrogen-bond donors (Lipinski definition) is 1. The predicted octanol–water partition coefficient (Wildman–Crippen LogP) is 2.84. The van der Waals surface area contributed by atoms with Gasteiger partial charge in [-0.05, 0) is 48.7 Å². The van der Waals surface area contributed by atoms with Crippen LogP contribution >= 0.6 is 0 Å². The van der Waals surface area contributed by atoms with Gasteiger partial charge in [-0.25, -0.2) is 9.67 Å². The minimum absolute atomic E-state index is 0.0217. The number of nitrogens with zero attached hydrogens (tertiary/aromatic N) is 6. The Bertz CT molecular complexity index is 1140. The summed E-state index contributed by atoms with van der Waals surface area (Å²) in [6, 6.07) is 7.57. The molecule has 0 bridgehead atoms. The second-order valence-corrected chi connectivity index (χ2v) is 6.93. The predicted molar refractivity (Wildman–Crippen MR) is 117 cm³/mol. The fourth-order valence-corrected chi connectivity index (χ4v) is 2.99. The van der Waals surface area contributed by atoms with Gasteiger partial charge in [-0.2, -0.15) is 10.2 Å². The van der Waals surface area contributed by atoms with Crippen LogP contribution in [0.5, 0.6) is 11.6 Å². The van der Waals surface area contributed by atoms with E-state index in [1.165, 1.54) is 17.9 Å². The number of benzene rings is 1. The molecule has 10 heteroatoms. The van der Waals surface area contributed by atoms with E-state index < -0.39 is 0 Å². The summed E-state index contributed by atoms with van der Waals surface area (Å²) in [5, 5.41) is 19.8. The van der Waals surface area contributed by atoms with Gasteiger partial charge in [-0.3, -0.25) is 4.79 Å². The zero-order valence-corrected chi connectivity index (χ0v) is 18.1. The van der Waals surface area contributed by atoms with E-state index in [1.54, 1.807) is 24.5 Å². The van der Waals surface area contributed by atoms with Crippen LogP contribution in [0.15, 0.2) is 36.7 Å². The molecule has 0 aliphatic heterocycles. The van der Waals surface area contributed by atoms with Crippen LogP contribution in [0.2, 0.25) is 0 Å². The highest BCUT2D eigenvalue weighted by atomic mass is 16.5. The van der Waals surface area contributed by atoms with E-state index in [1.807, 2.05) is 32.0 Å². The Morgan fingerprint density at radius 1 is 1.31 bits per heavy atom. The Kier molecular flexibility index (Phi) is 7.48. The van der Waals surface area contributed by atoms with Crippen LogP contribution in [0, 0.1) is 25.2 Å². The summed E-state index contributed by atoms with van der Waals surface area (Å²) in [6.45, 7) is 4.44. The van der Waals surface area contributed by atoms with Gasteiger partial charge in [0.25, 0.3) is 0 Å². The Morgan fingerprint density at radius 3 is 2.81 bits per heavy atom. The smallest absolute Gasteiger partial charge is 0.327 e. The number of anilines is 1. The van der Waals surface area contributed by atoms with Crippen LogP contribution in [0.1, 0.15) is 22.4 Å². The zero-order chi connectivity index (χ0) is 22.9. The SMILES string of the molecule is COC(=O)Cn1cc(CCNc2nccc(Oc3c(C)cc(/C=C/C#N)cc3C)n2)nn1. The lowest BCUT2D eigenvalue weighted by molar-refractivity contribution is -0.141. The molecule has 0 atom stereocenters. The fraction of sp³-hybridized carbons (Fsp3) is 0.273. The molecule has 0 saturated carbocycles. The Balaban J connectivity index is 1.60. The van der Waals surface area contributed by atoms with Crippen molar-refractivity contribution in [1.29, 1.82) is 5.26 Å². The van der Waals surface area contributed by atoms with E-state index in [0.29, 0.717) is 30.5 Å². The minimum atomic E-state index is -0.386. The molecule has 0 aliphatic carbocycles. The van der Waals surface area contributed by atoms with E-state index in [0.717, 1.165) is 22.4 Å². The molecule has 3 aromatic rings. The van der Waals surface area contributed by atoms with E-state index in [4.69, 9.17) is 10.00 Å². The third kappa shape index (κ3) is 6.12. The van der Waals surface area contributed by atoms with Crippen molar-refractivity contribution in [1.82, 2.24) is 25.0 Å². The Hall–Kier alpha value is -4.26.